The van der Waals surface area contributed by atoms with E-state index >= 15 is 0 Å². The Morgan fingerprint density at radius 2 is 1.58 bits per heavy atom. The minimum absolute atomic E-state index is 0.00652. The van der Waals surface area contributed by atoms with Gasteiger partial charge in [-0.05, 0) is 24.1 Å². The van der Waals surface area contributed by atoms with Crippen molar-refractivity contribution in [1.82, 2.24) is 0 Å². The summed E-state index contributed by atoms with van der Waals surface area (Å²) in [6, 6.07) is -0.161. The number of halogens is 7. The number of rotatable bonds is 3. The maximum Gasteiger partial charge on any atom is 0.416 e. The molecule has 0 amide bonds. The molecule has 19 heavy (non-hydrogen) atoms. The van der Waals surface area contributed by atoms with Crippen molar-refractivity contribution >= 4 is 0 Å². The Morgan fingerprint density at radius 3 is 2.00 bits per heavy atom. The summed E-state index contributed by atoms with van der Waals surface area (Å²) in [6.07, 6.45) is -10.3. The van der Waals surface area contributed by atoms with Crippen molar-refractivity contribution in [2.24, 2.45) is 5.73 Å². The fourth-order valence-corrected chi connectivity index (χ4v) is 1.57. The van der Waals surface area contributed by atoms with Gasteiger partial charge in [-0.25, -0.2) is 0 Å². The van der Waals surface area contributed by atoms with Gasteiger partial charge in [-0.1, -0.05) is 6.07 Å². The van der Waals surface area contributed by atoms with E-state index in [2.05, 4.69) is 0 Å². The van der Waals surface area contributed by atoms with E-state index in [4.69, 9.17) is 5.73 Å². The lowest BCUT2D eigenvalue weighted by molar-refractivity contribution is -0.143. The minimum atomic E-state index is -4.98. The van der Waals surface area contributed by atoms with Crippen LogP contribution in [-0.4, -0.2) is 6.67 Å². The number of benzene rings is 1. The van der Waals surface area contributed by atoms with Gasteiger partial charge in [0.05, 0.1) is 17.8 Å². The van der Waals surface area contributed by atoms with Crippen molar-refractivity contribution in [3.8, 4) is 0 Å². The van der Waals surface area contributed by atoms with E-state index in [1.807, 2.05) is 0 Å². The maximum atomic E-state index is 12.7. The summed E-state index contributed by atoms with van der Waals surface area (Å²) in [5.74, 6) is 0. The van der Waals surface area contributed by atoms with Crippen LogP contribution in [-0.2, 0) is 12.4 Å². The molecule has 0 heterocycles. The molecule has 108 valence electrons. The van der Waals surface area contributed by atoms with E-state index in [-0.39, 0.29) is 6.07 Å². The second kappa shape index (κ2) is 5.36. The summed E-state index contributed by atoms with van der Waals surface area (Å²) >= 11 is 0. The lowest BCUT2D eigenvalue weighted by atomic mass is 9.96. The van der Waals surface area contributed by atoms with Crippen molar-refractivity contribution in [3.63, 3.8) is 0 Å². The van der Waals surface area contributed by atoms with Gasteiger partial charge >= 0.3 is 12.4 Å². The summed E-state index contributed by atoms with van der Waals surface area (Å²) in [6.45, 7) is -0.959. The van der Waals surface area contributed by atoms with Crippen LogP contribution in [0.15, 0.2) is 18.2 Å². The van der Waals surface area contributed by atoms with Gasteiger partial charge in [-0.15, -0.1) is 0 Å². The molecule has 1 aromatic rings. The highest BCUT2D eigenvalue weighted by Crippen LogP contribution is 2.39. The van der Waals surface area contributed by atoms with Gasteiger partial charge in [0.25, 0.3) is 0 Å². The van der Waals surface area contributed by atoms with Crippen LogP contribution in [0.25, 0.3) is 0 Å². The average Bonchev–Trinajstić information content (AvgIpc) is 2.26. The van der Waals surface area contributed by atoms with Crippen molar-refractivity contribution in [1.29, 1.82) is 0 Å². The molecule has 1 atom stereocenters. The quantitative estimate of drug-likeness (QED) is 0.833. The smallest absolute Gasteiger partial charge is 0.324 e. The van der Waals surface area contributed by atoms with E-state index in [1.54, 1.807) is 0 Å². The van der Waals surface area contributed by atoms with Gasteiger partial charge in [0, 0.05) is 6.04 Å². The molecule has 0 aliphatic rings. The molecule has 0 radical (unpaired) electrons. The lowest BCUT2D eigenvalue weighted by Gasteiger charge is -2.19. The summed E-state index contributed by atoms with van der Waals surface area (Å²) < 4.78 is 87.3. The third-order valence-electron chi connectivity index (χ3n) is 2.51. The maximum absolute atomic E-state index is 12.7. The summed E-state index contributed by atoms with van der Waals surface area (Å²) in [4.78, 5) is 0. The molecule has 0 saturated carbocycles. The second-order valence-electron chi connectivity index (χ2n) is 3.88. The number of hydrogen-bond acceptors (Lipinski definition) is 1. The SMILES string of the molecule is N[C@@H](CCF)c1ccc(C(F)(F)F)cc1C(F)(F)F. The Balaban J connectivity index is 3.33. The Morgan fingerprint density at radius 1 is 1.00 bits per heavy atom. The van der Waals surface area contributed by atoms with Gasteiger partial charge < -0.3 is 5.73 Å². The number of hydrogen-bond donors (Lipinski definition) is 1. The zero-order chi connectivity index (χ0) is 14.8. The predicted molar refractivity (Wildman–Crippen MR) is 54.0 cm³/mol. The standard InChI is InChI=1S/C11H10F7N/c12-4-3-9(19)7-2-1-6(10(13,14)15)5-8(7)11(16,17)18/h1-2,5,9H,3-4,19H2/t9-/m0/s1. The largest absolute Gasteiger partial charge is 0.416 e. The molecule has 0 saturated heterocycles. The first-order valence-electron chi connectivity index (χ1n) is 5.17. The van der Waals surface area contributed by atoms with Gasteiger partial charge in [-0.3, -0.25) is 4.39 Å². The summed E-state index contributed by atoms with van der Waals surface area (Å²) in [7, 11) is 0. The highest BCUT2D eigenvalue weighted by molar-refractivity contribution is 5.37. The van der Waals surface area contributed by atoms with Crippen LogP contribution in [0.2, 0.25) is 0 Å². The third-order valence-corrected chi connectivity index (χ3v) is 2.51. The molecule has 0 unspecified atom stereocenters. The highest BCUT2D eigenvalue weighted by Gasteiger charge is 2.38. The topological polar surface area (TPSA) is 26.0 Å². The molecule has 0 spiro atoms. The fourth-order valence-electron chi connectivity index (χ4n) is 1.57. The molecule has 1 nitrogen and oxygen atoms in total. The van der Waals surface area contributed by atoms with Crippen molar-refractivity contribution in [3.05, 3.63) is 34.9 Å². The van der Waals surface area contributed by atoms with E-state index in [9.17, 15) is 30.7 Å². The summed E-state index contributed by atoms with van der Waals surface area (Å²) in [5.41, 5.74) is 1.89. The number of alkyl halides is 7. The molecular formula is C11H10F7N. The van der Waals surface area contributed by atoms with Gasteiger partial charge in [0.2, 0.25) is 0 Å². The van der Waals surface area contributed by atoms with Crippen LogP contribution in [0.5, 0.6) is 0 Å². The Hall–Kier alpha value is -1.31. The highest BCUT2D eigenvalue weighted by atomic mass is 19.4. The van der Waals surface area contributed by atoms with Crippen molar-refractivity contribution < 1.29 is 30.7 Å². The molecule has 0 aliphatic heterocycles. The third kappa shape index (κ3) is 3.82. The summed E-state index contributed by atoms with van der Waals surface area (Å²) in [5, 5.41) is 0. The monoisotopic (exact) mass is 289 g/mol. The lowest BCUT2D eigenvalue weighted by Crippen LogP contribution is -2.19. The minimum Gasteiger partial charge on any atom is -0.324 e. The average molecular weight is 289 g/mol. The molecule has 0 bridgehead atoms. The molecule has 8 heteroatoms. The van der Waals surface area contributed by atoms with Crippen LogP contribution >= 0.6 is 0 Å². The zero-order valence-electron chi connectivity index (χ0n) is 9.45. The normalized spacial score (nSPS) is 14.5. The van der Waals surface area contributed by atoms with E-state index in [1.165, 1.54) is 0 Å². The Labute approximate surface area is 104 Å². The molecule has 0 fully saturated rings. The van der Waals surface area contributed by atoms with Crippen LogP contribution in [0.4, 0.5) is 30.7 Å². The van der Waals surface area contributed by atoms with Crippen LogP contribution in [0.1, 0.15) is 29.2 Å². The van der Waals surface area contributed by atoms with E-state index in [0.29, 0.717) is 12.1 Å². The first-order valence-corrected chi connectivity index (χ1v) is 5.17. The number of nitrogens with two attached hydrogens (primary N) is 1. The van der Waals surface area contributed by atoms with E-state index < -0.39 is 48.2 Å². The van der Waals surface area contributed by atoms with Gasteiger partial charge in [0.15, 0.2) is 0 Å². The van der Waals surface area contributed by atoms with Crippen molar-refractivity contribution in [2.75, 3.05) is 6.67 Å². The van der Waals surface area contributed by atoms with Gasteiger partial charge in [-0.2, -0.15) is 26.3 Å². The van der Waals surface area contributed by atoms with Gasteiger partial charge in [0.1, 0.15) is 0 Å². The Bertz CT molecular complexity index is 436. The fraction of sp³-hybridized carbons (Fsp3) is 0.455. The van der Waals surface area contributed by atoms with E-state index in [0.717, 1.165) is 0 Å². The first-order chi connectivity index (χ1) is 8.57. The Kier molecular flexibility index (Phi) is 4.44. The second-order valence-corrected chi connectivity index (χ2v) is 3.88. The molecular weight excluding hydrogens is 279 g/mol. The van der Waals surface area contributed by atoms with Crippen LogP contribution in [0.3, 0.4) is 0 Å². The van der Waals surface area contributed by atoms with Crippen LogP contribution < -0.4 is 5.73 Å². The molecule has 1 aromatic carbocycles. The van der Waals surface area contributed by atoms with Crippen LogP contribution in [0, 0.1) is 0 Å². The first kappa shape index (κ1) is 15.7. The molecule has 0 aromatic heterocycles. The predicted octanol–water partition coefficient (Wildman–Crippen LogP) is 4.08. The molecule has 0 aliphatic carbocycles. The zero-order valence-corrected chi connectivity index (χ0v) is 9.45. The van der Waals surface area contributed by atoms with Crippen molar-refractivity contribution in [2.45, 2.75) is 24.8 Å². The molecule has 1 rings (SSSR count). The molecule has 2 N–H and O–H groups in total.